The van der Waals surface area contributed by atoms with Crippen LogP contribution in [-0.4, -0.2) is 24.5 Å². The lowest BCUT2D eigenvalue weighted by atomic mass is 9.99. The van der Waals surface area contributed by atoms with Crippen LogP contribution in [0.5, 0.6) is 0 Å². The molecule has 2 bridgehead atoms. The molecule has 5 unspecified atom stereocenters. The topological polar surface area (TPSA) is 57.0 Å². The Bertz CT molecular complexity index is 204. The fourth-order valence-corrected chi connectivity index (χ4v) is 2.42. The molecule has 1 fully saturated rings. The van der Waals surface area contributed by atoms with Crippen molar-refractivity contribution in [1.29, 1.82) is 0 Å². The average molecular weight is 171 g/mol. The molecule has 2 aliphatic rings. The van der Waals surface area contributed by atoms with Crippen molar-refractivity contribution >= 4 is 0 Å². The van der Waals surface area contributed by atoms with Crippen molar-refractivity contribution < 1.29 is 15.2 Å². The molecular formula is C8H13NO3. The van der Waals surface area contributed by atoms with Crippen molar-refractivity contribution in [2.24, 2.45) is 11.8 Å². The molecule has 1 saturated carbocycles. The maximum absolute atomic E-state index is 10.8. The van der Waals surface area contributed by atoms with E-state index < -0.39 is 5.23 Å². The molecule has 0 amide bonds. The van der Waals surface area contributed by atoms with Crippen LogP contribution < -0.4 is 5.23 Å². The zero-order valence-electron chi connectivity index (χ0n) is 6.93. The zero-order chi connectivity index (χ0) is 8.72. The van der Waals surface area contributed by atoms with E-state index in [0.717, 1.165) is 6.42 Å². The van der Waals surface area contributed by atoms with Crippen LogP contribution in [0.15, 0.2) is 12.2 Å². The van der Waals surface area contributed by atoms with Gasteiger partial charge < -0.3 is 9.94 Å². The van der Waals surface area contributed by atoms with E-state index in [0.29, 0.717) is 5.92 Å². The zero-order valence-corrected chi connectivity index (χ0v) is 6.93. The summed E-state index contributed by atoms with van der Waals surface area (Å²) >= 11 is 0. The number of hydroxylamine groups is 2. The van der Waals surface area contributed by atoms with E-state index in [-0.39, 0.29) is 18.1 Å². The third-order valence-corrected chi connectivity index (χ3v) is 2.94. The Hall–Kier alpha value is -0.420. The minimum Gasteiger partial charge on any atom is -0.600 e. The molecule has 0 aromatic carbocycles. The van der Waals surface area contributed by atoms with E-state index in [1.54, 1.807) is 7.11 Å². The van der Waals surface area contributed by atoms with Gasteiger partial charge in [0.1, 0.15) is 12.1 Å². The van der Waals surface area contributed by atoms with Crippen molar-refractivity contribution in [3.8, 4) is 0 Å². The number of nitrogens with one attached hydrogen (secondary N) is 1. The monoisotopic (exact) mass is 171 g/mol. The lowest BCUT2D eigenvalue weighted by molar-refractivity contribution is -1.07. The van der Waals surface area contributed by atoms with Crippen LogP contribution in [-0.2, 0) is 4.74 Å². The van der Waals surface area contributed by atoms with Gasteiger partial charge in [0.25, 0.3) is 0 Å². The number of ether oxygens (including phenoxy) is 1. The van der Waals surface area contributed by atoms with Crippen LogP contribution in [0.25, 0.3) is 0 Å². The first-order valence-electron chi connectivity index (χ1n) is 4.18. The van der Waals surface area contributed by atoms with Gasteiger partial charge in [0.05, 0.1) is 0 Å². The molecule has 0 aromatic rings. The molecule has 0 radical (unpaired) electrons. The molecule has 4 nitrogen and oxygen atoms in total. The summed E-state index contributed by atoms with van der Waals surface area (Å²) in [6.45, 7) is 0. The van der Waals surface area contributed by atoms with Crippen LogP contribution >= 0.6 is 0 Å². The Balaban J connectivity index is 2.17. The van der Waals surface area contributed by atoms with Gasteiger partial charge >= 0.3 is 0 Å². The molecule has 12 heavy (non-hydrogen) atoms. The lowest BCUT2D eigenvalue weighted by Gasteiger charge is -2.30. The first-order chi connectivity index (χ1) is 5.74. The molecule has 5 atom stereocenters. The molecule has 0 heterocycles. The lowest BCUT2D eigenvalue weighted by Crippen LogP contribution is -3.11. The Labute approximate surface area is 71.0 Å². The van der Waals surface area contributed by atoms with E-state index in [9.17, 15) is 5.21 Å². The number of methoxy groups -OCH3 is 1. The fourth-order valence-electron chi connectivity index (χ4n) is 2.42. The summed E-state index contributed by atoms with van der Waals surface area (Å²) in [5.41, 5.74) is 0. The van der Waals surface area contributed by atoms with Gasteiger partial charge in [-0.05, 0) is 6.42 Å². The van der Waals surface area contributed by atoms with Crippen molar-refractivity contribution in [2.75, 3.05) is 7.11 Å². The molecule has 68 valence electrons. The van der Waals surface area contributed by atoms with Crippen LogP contribution in [0.2, 0.25) is 0 Å². The van der Waals surface area contributed by atoms with Gasteiger partial charge in [0, 0.05) is 18.9 Å². The number of rotatable bonds is 2. The minimum absolute atomic E-state index is 0.0995. The maximum Gasteiger partial charge on any atom is 0.150 e. The van der Waals surface area contributed by atoms with Crippen LogP contribution in [0.3, 0.4) is 0 Å². The van der Waals surface area contributed by atoms with Crippen molar-refractivity contribution in [1.82, 2.24) is 0 Å². The molecule has 0 aliphatic heterocycles. The van der Waals surface area contributed by atoms with Gasteiger partial charge in [-0.25, -0.2) is 10.4 Å². The first-order valence-corrected chi connectivity index (χ1v) is 4.18. The smallest absolute Gasteiger partial charge is 0.150 e. The van der Waals surface area contributed by atoms with Gasteiger partial charge in [-0.1, -0.05) is 12.2 Å². The second-order valence-electron chi connectivity index (χ2n) is 3.51. The highest BCUT2D eigenvalue weighted by atomic mass is 16.8. The van der Waals surface area contributed by atoms with Gasteiger partial charge in [0.2, 0.25) is 0 Å². The third kappa shape index (κ3) is 0.998. The summed E-state index contributed by atoms with van der Waals surface area (Å²) in [4.78, 5) is 0. The summed E-state index contributed by atoms with van der Waals surface area (Å²) in [5, 5.41) is 19.0. The minimum atomic E-state index is -0.723. The quantitative estimate of drug-likeness (QED) is 0.428. The van der Waals surface area contributed by atoms with E-state index >= 15 is 0 Å². The standard InChI is InChI=1S/C8H13NO3/c1-12-8-6-3-2-5(4-6)7(8)9(10)11/h2-3,5-10H,4H2,1H3. The summed E-state index contributed by atoms with van der Waals surface area (Å²) < 4.78 is 5.19. The van der Waals surface area contributed by atoms with E-state index in [1.807, 2.05) is 6.08 Å². The van der Waals surface area contributed by atoms with Crippen molar-refractivity contribution in [2.45, 2.75) is 18.6 Å². The normalized spacial score (nSPS) is 46.9. The molecule has 2 N–H and O–H groups in total. The predicted octanol–water partition coefficient (Wildman–Crippen LogP) is -0.652. The highest BCUT2D eigenvalue weighted by Crippen LogP contribution is 2.39. The highest BCUT2D eigenvalue weighted by molar-refractivity contribution is 5.15. The Kier molecular flexibility index (Phi) is 1.92. The van der Waals surface area contributed by atoms with Crippen LogP contribution in [0.1, 0.15) is 6.42 Å². The van der Waals surface area contributed by atoms with Crippen molar-refractivity contribution in [3.63, 3.8) is 0 Å². The number of quaternary nitrogens is 1. The van der Waals surface area contributed by atoms with Gasteiger partial charge in [-0.3, -0.25) is 0 Å². The van der Waals surface area contributed by atoms with Crippen molar-refractivity contribution in [3.05, 3.63) is 17.4 Å². The summed E-state index contributed by atoms with van der Waals surface area (Å²) in [7, 11) is 1.59. The highest BCUT2D eigenvalue weighted by Gasteiger charge is 2.49. The molecular weight excluding hydrogens is 158 g/mol. The van der Waals surface area contributed by atoms with Gasteiger partial charge in [-0.2, -0.15) is 0 Å². The molecule has 0 spiro atoms. The van der Waals surface area contributed by atoms with Gasteiger partial charge in [-0.15, -0.1) is 0 Å². The number of hydrogen-bond acceptors (Lipinski definition) is 3. The number of fused-ring (bicyclic) bond motifs is 2. The van der Waals surface area contributed by atoms with E-state index in [1.165, 1.54) is 0 Å². The molecule has 4 heteroatoms. The molecule has 0 saturated heterocycles. The van der Waals surface area contributed by atoms with E-state index in [4.69, 9.17) is 9.94 Å². The Morgan fingerprint density at radius 1 is 1.50 bits per heavy atom. The van der Waals surface area contributed by atoms with Crippen LogP contribution in [0.4, 0.5) is 0 Å². The summed E-state index contributed by atoms with van der Waals surface area (Å²) in [5.74, 6) is 0.540. The largest absolute Gasteiger partial charge is 0.600 e. The fraction of sp³-hybridized carbons (Fsp3) is 0.750. The first kappa shape index (κ1) is 8.19. The summed E-state index contributed by atoms with van der Waals surface area (Å²) in [6.07, 6.45) is 4.95. The number of hydrogen-bond donors (Lipinski definition) is 2. The average Bonchev–Trinajstić information content (AvgIpc) is 2.60. The third-order valence-electron chi connectivity index (χ3n) is 2.94. The summed E-state index contributed by atoms with van der Waals surface area (Å²) in [6, 6.07) is -0.315. The predicted molar refractivity (Wildman–Crippen MR) is 41.4 cm³/mol. The Morgan fingerprint density at radius 2 is 2.17 bits per heavy atom. The van der Waals surface area contributed by atoms with Gasteiger partial charge in [0.15, 0.2) is 0 Å². The Morgan fingerprint density at radius 3 is 2.67 bits per heavy atom. The molecule has 2 rings (SSSR count). The maximum atomic E-state index is 10.8. The SMILES string of the molecule is COC1C2C=CC(C2)C1[NH+]([O-])O. The van der Waals surface area contributed by atoms with Crippen LogP contribution in [0, 0.1) is 17.0 Å². The molecule has 2 aliphatic carbocycles. The second-order valence-corrected chi connectivity index (χ2v) is 3.51. The molecule has 0 aromatic heterocycles. The second kappa shape index (κ2) is 2.81. The van der Waals surface area contributed by atoms with E-state index in [2.05, 4.69) is 6.08 Å².